The van der Waals surface area contributed by atoms with Crippen LogP contribution in [0, 0.1) is 0 Å². The largest absolute Gasteiger partial charge is 0.378 e. The topological polar surface area (TPSA) is 27.7 Å². The van der Waals surface area contributed by atoms with Crippen LogP contribution >= 0.6 is 0 Å². The van der Waals surface area contributed by atoms with Gasteiger partial charge in [-0.1, -0.05) is 12.1 Å². The molecular formula is C16H27N3O. The minimum absolute atomic E-state index is 0.842. The van der Waals surface area contributed by atoms with Crippen molar-refractivity contribution in [3.63, 3.8) is 0 Å². The standard InChI is InChI=1S/C16H27N3O/c1-18(2)9-3-8-17-14-15-4-6-16(7-5-15)19-10-12-20-13-11-19/h4-7,17H,3,8-14H2,1-2H3. The quantitative estimate of drug-likeness (QED) is 0.766. The predicted octanol–water partition coefficient (Wildman–Crippen LogP) is 1.56. The summed E-state index contributed by atoms with van der Waals surface area (Å²) >= 11 is 0. The molecule has 1 aromatic rings. The number of nitrogens with one attached hydrogen (secondary N) is 1. The molecule has 1 aliphatic rings. The van der Waals surface area contributed by atoms with Crippen LogP contribution in [0.4, 0.5) is 5.69 Å². The van der Waals surface area contributed by atoms with Gasteiger partial charge in [0.15, 0.2) is 0 Å². The minimum atomic E-state index is 0.842. The second-order valence-electron chi connectivity index (χ2n) is 5.60. The molecule has 1 fully saturated rings. The highest BCUT2D eigenvalue weighted by molar-refractivity contribution is 5.47. The van der Waals surface area contributed by atoms with E-state index in [4.69, 9.17) is 4.74 Å². The highest BCUT2D eigenvalue weighted by Crippen LogP contribution is 2.16. The number of morpholine rings is 1. The number of hydrogen-bond acceptors (Lipinski definition) is 4. The first-order chi connectivity index (χ1) is 9.75. The van der Waals surface area contributed by atoms with E-state index in [1.165, 1.54) is 17.7 Å². The lowest BCUT2D eigenvalue weighted by Gasteiger charge is -2.28. The summed E-state index contributed by atoms with van der Waals surface area (Å²) in [5.74, 6) is 0. The molecule has 0 atom stereocenters. The van der Waals surface area contributed by atoms with Crippen LogP contribution in [0.2, 0.25) is 0 Å². The Balaban J connectivity index is 1.71. The molecule has 0 spiro atoms. The second-order valence-corrected chi connectivity index (χ2v) is 5.60. The third-order valence-corrected chi connectivity index (χ3v) is 3.60. The Hall–Kier alpha value is -1.10. The van der Waals surface area contributed by atoms with E-state index in [1.54, 1.807) is 0 Å². The van der Waals surface area contributed by atoms with Crippen molar-refractivity contribution in [2.24, 2.45) is 0 Å². The zero-order valence-electron chi connectivity index (χ0n) is 12.8. The zero-order valence-corrected chi connectivity index (χ0v) is 12.8. The first-order valence-electron chi connectivity index (χ1n) is 7.53. The van der Waals surface area contributed by atoms with E-state index in [2.05, 4.69) is 53.5 Å². The van der Waals surface area contributed by atoms with Gasteiger partial charge in [0.2, 0.25) is 0 Å². The fourth-order valence-electron chi connectivity index (χ4n) is 2.40. The Morgan fingerprint density at radius 1 is 1.15 bits per heavy atom. The maximum atomic E-state index is 5.38. The highest BCUT2D eigenvalue weighted by Gasteiger charge is 2.10. The number of rotatable bonds is 7. The molecule has 0 aromatic heterocycles. The van der Waals surface area contributed by atoms with E-state index in [0.29, 0.717) is 0 Å². The molecule has 20 heavy (non-hydrogen) atoms. The molecule has 0 bridgehead atoms. The van der Waals surface area contributed by atoms with Gasteiger partial charge in [-0.25, -0.2) is 0 Å². The first-order valence-corrected chi connectivity index (χ1v) is 7.53. The molecule has 1 heterocycles. The van der Waals surface area contributed by atoms with Crippen LogP contribution in [0.15, 0.2) is 24.3 Å². The number of benzene rings is 1. The van der Waals surface area contributed by atoms with Crippen molar-refractivity contribution < 1.29 is 4.74 Å². The van der Waals surface area contributed by atoms with E-state index >= 15 is 0 Å². The van der Waals surface area contributed by atoms with Gasteiger partial charge in [0.05, 0.1) is 13.2 Å². The average Bonchev–Trinajstić information content (AvgIpc) is 2.48. The summed E-state index contributed by atoms with van der Waals surface area (Å²) < 4.78 is 5.38. The molecule has 0 radical (unpaired) electrons. The van der Waals surface area contributed by atoms with E-state index in [0.717, 1.165) is 45.9 Å². The lowest BCUT2D eigenvalue weighted by molar-refractivity contribution is 0.122. The lowest BCUT2D eigenvalue weighted by Crippen LogP contribution is -2.36. The van der Waals surface area contributed by atoms with Gasteiger partial charge in [0.25, 0.3) is 0 Å². The molecule has 4 nitrogen and oxygen atoms in total. The van der Waals surface area contributed by atoms with Crippen molar-refractivity contribution in [2.75, 3.05) is 58.4 Å². The smallest absolute Gasteiger partial charge is 0.0642 e. The number of ether oxygens (including phenoxy) is 1. The van der Waals surface area contributed by atoms with Gasteiger partial charge in [-0.15, -0.1) is 0 Å². The molecule has 1 N–H and O–H groups in total. The highest BCUT2D eigenvalue weighted by atomic mass is 16.5. The molecule has 0 saturated carbocycles. The molecule has 112 valence electrons. The van der Waals surface area contributed by atoms with Crippen LogP contribution < -0.4 is 10.2 Å². The summed E-state index contributed by atoms with van der Waals surface area (Å²) in [6, 6.07) is 8.90. The van der Waals surface area contributed by atoms with Crippen LogP contribution in [0.25, 0.3) is 0 Å². The zero-order chi connectivity index (χ0) is 14.2. The van der Waals surface area contributed by atoms with E-state index < -0.39 is 0 Å². The summed E-state index contributed by atoms with van der Waals surface area (Å²) in [6.45, 7) is 6.86. The van der Waals surface area contributed by atoms with Crippen LogP contribution in [-0.2, 0) is 11.3 Å². The molecule has 0 aliphatic carbocycles. The maximum Gasteiger partial charge on any atom is 0.0642 e. The molecule has 4 heteroatoms. The van der Waals surface area contributed by atoms with Crippen LogP contribution in [0.3, 0.4) is 0 Å². The molecule has 1 saturated heterocycles. The monoisotopic (exact) mass is 277 g/mol. The van der Waals surface area contributed by atoms with Gasteiger partial charge in [-0.2, -0.15) is 0 Å². The number of anilines is 1. The van der Waals surface area contributed by atoms with Crippen LogP contribution in [0.1, 0.15) is 12.0 Å². The molecule has 2 rings (SSSR count). The average molecular weight is 277 g/mol. The normalized spacial score (nSPS) is 15.8. The maximum absolute atomic E-state index is 5.38. The van der Waals surface area contributed by atoms with Crippen molar-refractivity contribution in [1.29, 1.82) is 0 Å². The molecule has 1 aliphatic heterocycles. The van der Waals surface area contributed by atoms with Gasteiger partial charge in [0.1, 0.15) is 0 Å². The third-order valence-electron chi connectivity index (χ3n) is 3.60. The summed E-state index contributed by atoms with van der Waals surface area (Å²) in [5, 5.41) is 3.50. The van der Waals surface area contributed by atoms with Gasteiger partial charge >= 0.3 is 0 Å². The SMILES string of the molecule is CN(C)CCCNCc1ccc(N2CCOCC2)cc1. The Morgan fingerprint density at radius 3 is 2.50 bits per heavy atom. The van der Waals surface area contributed by atoms with Crippen molar-refractivity contribution in [2.45, 2.75) is 13.0 Å². The van der Waals surface area contributed by atoms with Gasteiger partial charge < -0.3 is 19.9 Å². The fraction of sp³-hybridized carbons (Fsp3) is 0.625. The summed E-state index contributed by atoms with van der Waals surface area (Å²) in [4.78, 5) is 4.61. The second kappa shape index (κ2) is 8.25. The van der Waals surface area contributed by atoms with E-state index in [9.17, 15) is 0 Å². The van der Waals surface area contributed by atoms with Crippen molar-refractivity contribution in [1.82, 2.24) is 10.2 Å². The number of nitrogens with zero attached hydrogens (tertiary/aromatic N) is 2. The number of hydrogen-bond donors (Lipinski definition) is 1. The Kier molecular flexibility index (Phi) is 6.30. The van der Waals surface area contributed by atoms with Crippen molar-refractivity contribution in [3.05, 3.63) is 29.8 Å². The first kappa shape index (κ1) is 15.3. The van der Waals surface area contributed by atoms with Gasteiger partial charge in [-0.05, 0) is 51.3 Å². The molecule has 1 aromatic carbocycles. The molecule has 0 amide bonds. The van der Waals surface area contributed by atoms with Crippen molar-refractivity contribution >= 4 is 5.69 Å². The lowest BCUT2D eigenvalue weighted by atomic mass is 10.2. The van der Waals surface area contributed by atoms with Crippen LogP contribution in [0.5, 0.6) is 0 Å². The van der Waals surface area contributed by atoms with Gasteiger partial charge in [0, 0.05) is 25.3 Å². The third kappa shape index (κ3) is 5.12. The van der Waals surface area contributed by atoms with Crippen LogP contribution in [-0.4, -0.2) is 58.4 Å². The summed E-state index contributed by atoms with van der Waals surface area (Å²) in [7, 11) is 4.23. The van der Waals surface area contributed by atoms with Crippen molar-refractivity contribution in [3.8, 4) is 0 Å². The Labute approximate surface area is 122 Å². The summed E-state index contributed by atoms with van der Waals surface area (Å²) in [6.07, 6.45) is 1.19. The van der Waals surface area contributed by atoms with E-state index in [1.807, 2.05) is 0 Å². The Bertz CT molecular complexity index is 372. The van der Waals surface area contributed by atoms with E-state index in [-0.39, 0.29) is 0 Å². The predicted molar refractivity (Wildman–Crippen MR) is 84.4 cm³/mol. The molecule has 0 unspecified atom stereocenters. The molecular weight excluding hydrogens is 250 g/mol. The fourth-order valence-corrected chi connectivity index (χ4v) is 2.40. The van der Waals surface area contributed by atoms with Gasteiger partial charge in [-0.3, -0.25) is 0 Å². The Morgan fingerprint density at radius 2 is 1.85 bits per heavy atom. The minimum Gasteiger partial charge on any atom is -0.378 e. The summed E-state index contributed by atoms with van der Waals surface area (Å²) in [5.41, 5.74) is 2.66.